The quantitative estimate of drug-likeness (QED) is 0.768. The lowest BCUT2D eigenvalue weighted by atomic mass is 10.2. The van der Waals surface area contributed by atoms with Crippen LogP contribution in [0.15, 0.2) is 34.1 Å². The van der Waals surface area contributed by atoms with E-state index in [2.05, 4.69) is 15.9 Å². The number of hydrogen-bond acceptors (Lipinski definition) is 4. The highest BCUT2D eigenvalue weighted by atomic mass is 79.9. The summed E-state index contributed by atoms with van der Waals surface area (Å²) in [4.78, 5) is 12.5. The van der Waals surface area contributed by atoms with E-state index in [1.807, 2.05) is 6.07 Å². The number of halogens is 2. The van der Waals surface area contributed by atoms with Gasteiger partial charge in [-0.25, -0.2) is 0 Å². The highest BCUT2D eigenvalue weighted by molar-refractivity contribution is 9.11. The SMILES string of the molecule is N#Cc1ccc(Cl)cc1OCC(=O)c1ccc(Br)s1. The fraction of sp³-hybridized carbons (Fsp3) is 0.0769. The number of Topliss-reactive ketones (excluding diaryl/α,β-unsaturated/α-hetero) is 1. The molecule has 0 amide bonds. The summed E-state index contributed by atoms with van der Waals surface area (Å²) in [6.07, 6.45) is 0. The molecule has 0 N–H and O–H groups in total. The van der Waals surface area contributed by atoms with Crippen LogP contribution in [0, 0.1) is 11.3 Å². The molecular formula is C13H7BrClNO2S. The second kappa shape index (κ2) is 6.20. The third-order valence-electron chi connectivity index (χ3n) is 2.27. The average molecular weight is 357 g/mol. The predicted octanol–water partition coefficient (Wildman–Crippen LogP) is 4.30. The molecule has 19 heavy (non-hydrogen) atoms. The lowest BCUT2D eigenvalue weighted by Gasteiger charge is -2.06. The number of nitriles is 1. The molecule has 1 heterocycles. The van der Waals surface area contributed by atoms with Gasteiger partial charge in [0.2, 0.25) is 5.78 Å². The average Bonchev–Trinajstić information content (AvgIpc) is 2.83. The Morgan fingerprint density at radius 1 is 1.42 bits per heavy atom. The maximum absolute atomic E-state index is 11.9. The zero-order chi connectivity index (χ0) is 13.8. The highest BCUT2D eigenvalue weighted by Gasteiger charge is 2.11. The van der Waals surface area contributed by atoms with Crippen LogP contribution in [0.4, 0.5) is 0 Å². The molecule has 3 nitrogen and oxygen atoms in total. The first kappa shape index (κ1) is 14.1. The summed E-state index contributed by atoms with van der Waals surface area (Å²) < 4.78 is 6.25. The molecule has 0 fully saturated rings. The molecule has 0 spiro atoms. The molecule has 0 unspecified atom stereocenters. The van der Waals surface area contributed by atoms with Crippen LogP contribution in [0.25, 0.3) is 0 Å². The fourth-order valence-corrected chi connectivity index (χ4v) is 2.86. The van der Waals surface area contributed by atoms with Crippen LogP contribution in [0.2, 0.25) is 5.02 Å². The number of hydrogen-bond donors (Lipinski definition) is 0. The summed E-state index contributed by atoms with van der Waals surface area (Å²) in [6.45, 7) is -0.123. The Morgan fingerprint density at radius 3 is 2.84 bits per heavy atom. The van der Waals surface area contributed by atoms with Gasteiger partial charge in [0, 0.05) is 11.1 Å². The summed E-state index contributed by atoms with van der Waals surface area (Å²) in [5, 5.41) is 9.39. The molecule has 0 radical (unpaired) electrons. The van der Waals surface area contributed by atoms with Crippen molar-refractivity contribution in [3.63, 3.8) is 0 Å². The van der Waals surface area contributed by atoms with Crippen LogP contribution in [0.5, 0.6) is 5.75 Å². The van der Waals surface area contributed by atoms with Gasteiger partial charge in [-0.1, -0.05) is 11.6 Å². The van der Waals surface area contributed by atoms with E-state index in [1.54, 1.807) is 24.3 Å². The molecule has 0 saturated heterocycles. The van der Waals surface area contributed by atoms with Crippen LogP contribution in [-0.2, 0) is 0 Å². The first-order valence-corrected chi connectivity index (χ1v) is 7.20. The Hall–Kier alpha value is -1.35. The molecule has 2 rings (SSSR count). The van der Waals surface area contributed by atoms with Crippen molar-refractivity contribution in [2.24, 2.45) is 0 Å². The summed E-state index contributed by atoms with van der Waals surface area (Å²) in [5.74, 6) is 0.179. The van der Waals surface area contributed by atoms with Crippen molar-refractivity contribution in [1.29, 1.82) is 5.26 Å². The Kier molecular flexibility index (Phi) is 4.59. The molecule has 0 aliphatic rings. The first-order valence-electron chi connectivity index (χ1n) is 5.21. The molecule has 0 saturated carbocycles. The molecule has 6 heteroatoms. The molecule has 0 aliphatic carbocycles. The topological polar surface area (TPSA) is 50.1 Å². The summed E-state index contributed by atoms with van der Waals surface area (Å²) in [7, 11) is 0. The third kappa shape index (κ3) is 3.57. The zero-order valence-electron chi connectivity index (χ0n) is 9.52. The van der Waals surface area contributed by atoms with Crippen molar-refractivity contribution >= 4 is 44.7 Å². The summed E-state index contributed by atoms with van der Waals surface area (Å²) >= 11 is 10.5. The number of benzene rings is 1. The van der Waals surface area contributed by atoms with E-state index in [9.17, 15) is 4.79 Å². The fourth-order valence-electron chi connectivity index (χ4n) is 1.39. The van der Waals surface area contributed by atoms with Gasteiger partial charge in [0.1, 0.15) is 11.8 Å². The summed E-state index contributed by atoms with van der Waals surface area (Å²) in [6, 6.07) is 10.2. The number of carbonyl (C=O) groups excluding carboxylic acids is 1. The van der Waals surface area contributed by atoms with Crippen molar-refractivity contribution in [2.45, 2.75) is 0 Å². The lowest BCUT2D eigenvalue weighted by Crippen LogP contribution is -2.10. The molecule has 0 aliphatic heterocycles. The Morgan fingerprint density at radius 2 is 2.21 bits per heavy atom. The monoisotopic (exact) mass is 355 g/mol. The molecular weight excluding hydrogens is 350 g/mol. The second-order valence-corrected chi connectivity index (χ2v) is 6.47. The Labute approximate surface area is 127 Å². The number of nitrogens with zero attached hydrogens (tertiary/aromatic N) is 1. The number of ketones is 1. The van der Waals surface area contributed by atoms with Gasteiger partial charge in [-0.2, -0.15) is 5.26 Å². The van der Waals surface area contributed by atoms with Gasteiger partial charge in [0.15, 0.2) is 6.61 Å². The van der Waals surface area contributed by atoms with Crippen molar-refractivity contribution in [3.05, 3.63) is 49.6 Å². The first-order chi connectivity index (χ1) is 9.10. The Bertz CT molecular complexity index is 663. The van der Waals surface area contributed by atoms with Gasteiger partial charge in [-0.15, -0.1) is 11.3 Å². The van der Waals surface area contributed by atoms with Crippen LogP contribution in [0.1, 0.15) is 15.2 Å². The Balaban J connectivity index is 2.09. The van der Waals surface area contributed by atoms with Gasteiger partial charge >= 0.3 is 0 Å². The van der Waals surface area contributed by atoms with Gasteiger partial charge in [-0.3, -0.25) is 4.79 Å². The van der Waals surface area contributed by atoms with E-state index in [0.29, 0.717) is 21.2 Å². The van der Waals surface area contributed by atoms with Crippen molar-refractivity contribution in [3.8, 4) is 11.8 Å². The van der Waals surface area contributed by atoms with Crippen molar-refractivity contribution in [1.82, 2.24) is 0 Å². The van der Waals surface area contributed by atoms with Crippen molar-refractivity contribution in [2.75, 3.05) is 6.61 Å². The largest absolute Gasteiger partial charge is 0.484 e. The second-order valence-electron chi connectivity index (χ2n) is 3.57. The molecule has 96 valence electrons. The summed E-state index contributed by atoms with van der Waals surface area (Å²) in [5.41, 5.74) is 0.351. The van der Waals surface area contributed by atoms with E-state index < -0.39 is 0 Å². The standard InChI is InChI=1S/C13H7BrClNO2S/c14-13-4-3-12(19-13)10(17)7-18-11-5-9(15)2-1-8(11)6-16/h1-5H,7H2. The minimum Gasteiger partial charge on any atom is -0.484 e. The maximum Gasteiger partial charge on any atom is 0.210 e. The van der Waals surface area contributed by atoms with Gasteiger partial charge in [0.25, 0.3) is 0 Å². The molecule has 0 bridgehead atoms. The van der Waals surface area contributed by atoms with Crippen LogP contribution < -0.4 is 4.74 Å². The van der Waals surface area contributed by atoms with E-state index in [1.165, 1.54) is 17.4 Å². The van der Waals surface area contributed by atoms with Gasteiger partial charge in [-0.05, 0) is 40.2 Å². The number of rotatable bonds is 4. The van der Waals surface area contributed by atoms with Gasteiger partial charge < -0.3 is 4.74 Å². The van der Waals surface area contributed by atoms with E-state index in [0.717, 1.165) is 3.79 Å². The maximum atomic E-state index is 11.9. The van der Waals surface area contributed by atoms with Crippen molar-refractivity contribution < 1.29 is 9.53 Å². The normalized spacial score (nSPS) is 9.95. The van der Waals surface area contributed by atoms with Crippen LogP contribution in [0.3, 0.4) is 0 Å². The van der Waals surface area contributed by atoms with Crippen LogP contribution >= 0.6 is 38.9 Å². The minimum absolute atomic E-state index is 0.123. The smallest absolute Gasteiger partial charge is 0.210 e. The van der Waals surface area contributed by atoms with E-state index in [4.69, 9.17) is 21.6 Å². The molecule has 2 aromatic rings. The number of carbonyl (C=O) groups is 1. The third-order valence-corrected chi connectivity index (χ3v) is 4.17. The van der Waals surface area contributed by atoms with E-state index in [-0.39, 0.29) is 12.4 Å². The molecule has 1 aromatic heterocycles. The highest BCUT2D eigenvalue weighted by Crippen LogP contribution is 2.25. The minimum atomic E-state index is -0.139. The number of ether oxygens (including phenoxy) is 1. The van der Waals surface area contributed by atoms with Gasteiger partial charge in [0.05, 0.1) is 14.2 Å². The number of thiophene rings is 1. The lowest BCUT2D eigenvalue weighted by molar-refractivity contribution is 0.0925. The molecule has 1 aromatic carbocycles. The predicted molar refractivity (Wildman–Crippen MR) is 78.0 cm³/mol. The molecule has 0 atom stereocenters. The van der Waals surface area contributed by atoms with Crippen LogP contribution in [-0.4, -0.2) is 12.4 Å². The van der Waals surface area contributed by atoms with E-state index >= 15 is 0 Å². The zero-order valence-corrected chi connectivity index (χ0v) is 12.7.